The number of nitrogens with zero attached hydrogens (tertiary/aromatic N) is 3. The molecule has 0 N–H and O–H groups in total. The van der Waals surface area contributed by atoms with Crippen LogP contribution in [-0.4, -0.2) is 107 Å². The van der Waals surface area contributed by atoms with Gasteiger partial charge in [0, 0.05) is 52.4 Å². The van der Waals surface area contributed by atoms with Crippen LogP contribution in [0.5, 0.6) is 0 Å². The monoisotopic (exact) mass is 335 g/mol. The fourth-order valence-electron chi connectivity index (χ4n) is 3.06. The van der Waals surface area contributed by atoms with E-state index in [1.807, 2.05) is 7.05 Å². The minimum atomic E-state index is -3.26. The summed E-state index contributed by atoms with van der Waals surface area (Å²) < 4.78 is 37.6. The first kappa shape index (κ1) is 18.1. The molecule has 2 saturated heterocycles. The molecule has 2 aliphatic rings. The van der Waals surface area contributed by atoms with Crippen LogP contribution < -0.4 is 0 Å². The first-order valence-corrected chi connectivity index (χ1v) is 9.54. The van der Waals surface area contributed by atoms with Crippen LogP contribution in [0.3, 0.4) is 0 Å². The van der Waals surface area contributed by atoms with Crippen LogP contribution in [0.2, 0.25) is 0 Å². The Kier molecular flexibility index (Phi) is 6.60. The van der Waals surface area contributed by atoms with Crippen LogP contribution in [0, 0.1) is 0 Å². The summed E-state index contributed by atoms with van der Waals surface area (Å²) in [7, 11) is 0.426. The molecule has 7 nitrogen and oxygen atoms in total. The number of sulfonamides is 1. The largest absolute Gasteiger partial charge is 0.383 e. The van der Waals surface area contributed by atoms with Gasteiger partial charge in [-0.3, -0.25) is 4.90 Å². The first-order valence-electron chi connectivity index (χ1n) is 7.93. The normalized spacial score (nSPS) is 29.8. The van der Waals surface area contributed by atoms with Crippen molar-refractivity contribution in [3.8, 4) is 0 Å². The van der Waals surface area contributed by atoms with Crippen LogP contribution in [0.4, 0.5) is 0 Å². The van der Waals surface area contributed by atoms with Gasteiger partial charge in [0.2, 0.25) is 10.0 Å². The summed E-state index contributed by atoms with van der Waals surface area (Å²) in [6.07, 6.45) is -0.217. The Balaban J connectivity index is 1.88. The Morgan fingerprint density at radius 3 is 2.64 bits per heavy atom. The quantitative estimate of drug-likeness (QED) is 0.640. The van der Waals surface area contributed by atoms with E-state index >= 15 is 0 Å². The van der Waals surface area contributed by atoms with Gasteiger partial charge in [0.15, 0.2) is 0 Å². The van der Waals surface area contributed by atoms with Gasteiger partial charge >= 0.3 is 0 Å². The fraction of sp³-hybridized carbons (Fsp3) is 1.00. The molecule has 2 atom stereocenters. The van der Waals surface area contributed by atoms with Crippen molar-refractivity contribution in [1.82, 2.24) is 14.1 Å². The number of hydrogen-bond acceptors (Lipinski definition) is 6. The predicted octanol–water partition coefficient (Wildman–Crippen LogP) is -0.701. The van der Waals surface area contributed by atoms with Crippen molar-refractivity contribution in [2.75, 3.05) is 72.4 Å². The molecule has 0 spiro atoms. The number of ether oxygens (including phenoxy) is 2. The highest BCUT2D eigenvalue weighted by atomic mass is 32.2. The summed E-state index contributed by atoms with van der Waals surface area (Å²) in [6.45, 7) is 7.62. The molecular weight excluding hydrogens is 306 g/mol. The van der Waals surface area contributed by atoms with Crippen LogP contribution in [0.1, 0.15) is 6.92 Å². The topological polar surface area (TPSA) is 62.3 Å². The van der Waals surface area contributed by atoms with Gasteiger partial charge in [-0.2, -0.15) is 4.31 Å². The van der Waals surface area contributed by atoms with E-state index in [0.29, 0.717) is 32.8 Å². The average molecular weight is 335 g/mol. The lowest BCUT2D eigenvalue weighted by atomic mass is 10.2. The second kappa shape index (κ2) is 8.03. The van der Waals surface area contributed by atoms with E-state index in [9.17, 15) is 8.42 Å². The zero-order valence-corrected chi connectivity index (χ0v) is 14.7. The minimum Gasteiger partial charge on any atom is -0.383 e. The molecule has 0 aromatic carbocycles. The molecule has 2 unspecified atom stereocenters. The van der Waals surface area contributed by atoms with Gasteiger partial charge in [-0.25, -0.2) is 8.42 Å². The van der Waals surface area contributed by atoms with Gasteiger partial charge in [-0.05, 0) is 14.0 Å². The highest BCUT2D eigenvalue weighted by Crippen LogP contribution is 2.16. The molecule has 2 aliphatic heterocycles. The predicted molar refractivity (Wildman–Crippen MR) is 85.5 cm³/mol. The molecule has 0 radical (unpaired) electrons. The number of rotatable bonds is 6. The van der Waals surface area contributed by atoms with Crippen molar-refractivity contribution < 1.29 is 17.9 Å². The Labute approximate surface area is 134 Å². The highest BCUT2D eigenvalue weighted by molar-refractivity contribution is 7.89. The standard InChI is InChI=1S/C14H29N3O4S/c1-13-10-17(5-4-16(13)7-8-20-3)22(18,19)12-14-11-15(2)6-9-21-14/h13-14H,4-12H2,1-3H3. The van der Waals surface area contributed by atoms with Gasteiger partial charge in [-0.15, -0.1) is 0 Å². The third-order valence-corrected chi connectivity index (χ3v) is 6.35. The van der Waals surface area contributed by atoms with Crippen LogP contribution in [-0.2, 0) is 19.5 Å². The van der Waals surface area contributed by atoms with Crippen LogP contribution >= 0.6 is 0 Å². The molecule has 22 heavy (non-hydrogen) atoms. The zero-order chi connectivity index (χ0) is 16.2. The van der Waals surface area contributed by atoms with E-state index in [2.05, 4.69) is 16.7 Å². The van der Waals surface area contributed by atoms with Gasteiger partial charge in [0.1, 0.15) is 0 Å². The Bertz CT molecular complexity index is 445. The van der Waals surface area contributed by atoms with E-state index in [0.717, 1.165) is 19.6 Å². The van der Waals surface area contributed by atoms with E-state index in [4.69, 9.17) is 9.47 Å². The minimum absolute atomic E-state index is 0.0854. The molecule has 0 aliphatic carbocycles. The van der Waals surface area contributed by atoms with Crippen molar-refractivity contribution in [3.63, 3.8) is 0 Å². The van der Waals surface area contributed by atoms with Gasteiger partial charge in [0.25, 0.3) is 0 Å². The van der Waals surface area contributed by atoms with Crippen LogP contribution in [0.25, 0.3) is 0 Å². The van der Waals surface area contributed by atoms with Crippen molar-refractivity contribution in [2.45, 2.75) is 19.1 Å². The molecule has 0 aromatic rings. The molecule has 0 saturated carbocycles. The lowest BCUT2D eigenvalue weighted by Crippen LogP contribution is -2.55. The highest BCUT2D eigenvalue weighted by Gasteiger charge is 2.33. The summed E-state index contributed by atoms with van der Waals surface area (Å²) >= 11 is 0. The molecule has 0 aromatic heterocycles. The number of hydrogen-bond donors (Lipinski definition) is 0. The summed E-state index contributed by atoms with van der Waals surface area (Å²) in [6, 6.07) is 0.216. The number of likely N-dealkylation sites (N-methyl/N-ethyl adjacent to an activating group) is 1. The Hall–Kier alpha value is -0.250. The first-order chi connectivity index (χ1) is 10.4. The zero-order valence-electron chi connectivity index (χ0n) is 13.9. The molecule has 0 bridgehead atoms. The van der Waals surface area contributed by atoms with Crippen molar-refractivity contribution in [1.29, 1.82) is 0 Å². The molecule has 0 amide bonds. The van der Waals surface area contributed by atoms with E-state index in [1.54, 1.807) is 11.4 Å². The lowest BCUT2D eigenvalue weighted by molar-refractivity contribution is -0.00758. The maximum absolute atomic E-state index is 12.6. The number of methoxy groups -OCH3 is 1. The fourth-order valence-corrected chi connectivity index (χ4v) is 4.75. The Morgan fingerprint density at radius 1 is 1.23 bits per heavy atom. The summed E-state index contributed by atoms with van der Waals surface area (Å²) in [4.78, 5) is 4.40. The second-order valence-electron chi connectivity index (χ2n) is 6.27. The van der Waals surface area contributed by atoms with E-state index < -0.39 is 10.0 Å². The third kappa shape index (κ3) is 4.87. The number of morpholine rings is 1. The van der Waals surface area contributed by atoms with Gasteiger partial charge in [0.05, 0.1) is 25.1 Å². The molecule has 2 fully saturated rings. The molecular formula is C14H29N3O4S. The molecule has 2 rings (SSSR count). The summed E-state index contributed by atoms with van der Waals surface area (Å²) in [5.41, 5.74) is 0. The number of piperazine rings is 1. The second-order valence-corrected chi connectivity index (χ2v) is 8.28. The van der Waals surface area contributed by atoms with Gasteiger partial charge in [-0.1, -0.05) is 0 Å². The maximum atomic E-state index is 12.6. The lowest BCUT2D eigenvalue weighted by Gasteiger charge is -2.39. The molecule has 130 valence electrons. The Morgan fingerprint density at radius 2 is 2.00 bits per heavy atom. The summed E-state index contributed by atoms with van der Waals surface area (Å²) in [5.74, 6) is 0.0854. The maximum Gasteiger partial charge on any atom is 0.216 e. The van der Waals surface area contributed by atoms with Gasteiger partial charge < -0.3 is 14.4 Å². The van der Waals surface area contributed by atoms with E-state index in [1.165, 1.54) is 0 Å². The SMILES string of the molecule is COCCN1CCN(S(=O)(=O)CC2CN(C)CCO2)CC1C. The van der Waals surface area contributed by atoms with E-state index in [-0.39, 0.29) is 17.9 Å². The smallest absolute Gasteiger partial charge is 0.216 e. The molecule has 2 heterocycles. The third-order valence-electron chi connectivity index (χ3n) is 4.44. The molecule has 8 heteroatoms. The van der Waals surface area contributed by atoms with Crippen molar-refractivity contribution in [3.05, 3.63) is 0 Å². The van der Waals surface area contributed by atoms with Crippen molar-refractivity contribution in [2.24, 2.45) is 0 Å². The van der Waals surface area contributed by atoms with Crippen LogP contribution in [0.15, 0.2) is 0 Å². The average Bonchev–Trinajstić information content (AvgIpc) is 2.45. The van der Waals surface area contributed by atoms with Crippen molar-refractivity contribution >= 4 is 10.0 Å². The summed E-state index contributed by atoms with van der Waals surface area (Å²) in [5, 5.41) is 0.